The van der Waals surface area contributed by atoms with Gasteiger partial charge in [-0.2, -0.15) is 0 Å². The first kappa shape index (κ1) is 21.3. The van der Waals surface area contributed by atoms with Crippen molar-refractivity contribution in [2.45, 2.75) is 26.2 Å². The van der Waals surface area contributed by atoms with E-state index < -0.39 is 0 Å². The third-order valence-electron chi connectivity index (χ3n) is 5.29. The van der Waals surface area contributed by atoms with Crippen LogP contribution in [0.2, 0.25) is 5.02 Å². The highest BCUT2D eigenvalue weighted by Crippen LogP contribution is 2.18. The standard InChI is InChI=1S/C23H28ClN3O2/c1-17-2-8-21(9-3-17)26-22(28)16-27-14-11-19(12-15-27)23(29)25-13-10-18-4-6-20(24)7-5-18/h2-9,19H,10-16H2,1H3,(H,25,29)(H,26,28). The molecule has 2 N–H and O–H groups in total. The van der Waals surface area contributed by atoms with Crippen LogP contribution in [0.1, 0.15) is 24.0 Å². The largest absolute Gasteiger partial charge is 0.356 e. The Morgan fingerprint density at radius 2 is 1.69 bits per heavy atom. The molecule has 0 spiro atoms. The Hall–Kier alpha value is -2.37. The molecule has 1 aliphatic heterocycles. The minimum Gasteiger partial charge on any atom is -0.356 e. The average Bonchev–Trinajstić information content (AvgIpc) is 2.71. The number of rotatable bonds is 7. The predicted octanol–water partition coefficient (Wildman–Crippen LogP) is 3.66. The number of piperidine rings is 1. The molecule has 0 saturated carbocycles. The van der Waals surface area contributed by atoms with E-state index in [1.807, 2.05) is 55.5 Å². The number of benzene rings is 2. The summed E-state index contributed by atoms with van der Waals surface area (Å²) in [5, 5.41) is 6.69. The topological polar surface area (TPSA) is 61.4 Å². The summed E-state index contributed by atoms with van der Waals surface area (Å²) in [6.45, 7) is 4.52. The van der Waals surface area contributed by atoms with E-state index in [9.17, 15) is 9.59 Å². The van der Waals surface area contributed by atoms with Crippen molar-refractivity contribution in [1.82, 2.24) is 10.2 Å². The van der Waals surface area contributed by atoms with E-state index in [0.717, 1.165) is 54.2 Å². The molecule has 0 aromatic heterocycles. The SMILES string of the molecule is Cc1ccc(NC(=O)CN2CCC(C(=O)NCCc3ccc(Cl)cc3)CC2)cc1. The smallest absolute Gasteiger partial charge is 0.238 e. The molecule has 1 fully saturated rings. The summed E-state index contributed by atoms with van der Waals surface area (Å²) >= 11 is 5.89. The lowest BCUT2D eigenvalue weighted by atomic mass is 9.96. The lowest BCUT2D eigenvalue weighted by molar-refractivity contribution is -0.126. The zero-order valence-corrected chi connectivity index (χ0v) is 17.5. The van der Waals surface area contributed by atoms with Gasteiger partial charge in [0.25, 0.3) is 0 Å². The number of carbonyl (C=O) groups is 2. The third kappa shape index (κ3) is 6.87. The van der Waals surface area contributed by atoms with Crippen LogP contribution in [0.25, 0.3) is 0 Å². The molecule has 0 radical (unpaired) electrons. The Kier molecular flexibility index (Phi) is 7.67. The lowest BCUT2D eigenvalue weighted by Crippen LogP contribution is -2.43. The van der Waals surface area contributed by atoms with E-state index in [1.54, 1.807) is 0 Å². The summed E-state index contributed by atoms with van der Waals surface area (Å²) in [5.41, 5.74) is 3.14. The highest BCUT2D eigenvalue weighted by molar-refractivity contribution is 6.30. The van der Waals surface area contributed by atoms with Gasteiger partial charge in [0.15, 0.2) is 0 Å². The van der Waals surface area contributed by atoms with Crippen molar-refractivity contribution in [2.75, 3.05) is 31.5 Å². The van der Waals surface area contributed by atoms with E-state index in [0.29, 0.717) is 13.1 Å². The van der Waals surface area contributed by atoms with E-state index in [-0.39, 0.29) is 17.7 Å². The fourth-order valence-electron chi connectivity index (χ4n) is 3.52. The van der Waals surface area contributed by atoms with Crippen molar-refractivity contribution in [3.63, 3.8) is 0 Å². The molecule has 0 unspecified atom stereocenters. The molecule has 2 amide bonds. The Balaban J connectivity index is 1.34. The highest BCUT2D eigenvalue weighted by atomic mass is 35.5. The second kappa shape index (κ2) is 10.4. The number of aryl methyl sites for hydroxylation is 1. The molecule has 5 nitrogen and oxygen atoms in total. The van der Waals surface area contributed by atoms with Gasteiger partial charge in [0.2, 0.25) is 11.8 Å². The molecule has 0 atom stereocenters. The van der Waals surface area contributed by atoms with Crippen molar-refractivity contribution in [3.8, 4) is 0 Å². The molecule has 0 bridgehead atoms. The van der Waals surface area contributed by atoms with Crippen LogP contribution in [-0.2, 0) is 16.0 Å². The second-order valence-electron chi connectivity index (χ2n) is 7.63. The zero-order chi connectivity index (χ0) is 20.6. The van der Waals surface area contributed by atoms with Crippen molar-refractivity contribution in [3.05, 3.63) is 64.7 Å². The van der Waals surface area contributed by atoms with Gasteiger partial charge in [-0.25, -0.2) is 0 Å². The summed E-state index contributed by atoms with van der Waals surface area (Å²) in [7, 11) is 0. The van der Waals surface area contributed by atoms with Gasteiger partial charge >= 0.3 is 0 Å². The minimum atomic E-state index is -0.0141. The van der Waals surface area contributed by atoms with Crippen LogP contribution in [0.5, 0.6) is 0 Å². The number of hydrogen-bond acceptors (Lipinski definition) is 3. The monoisotopic (exact) mass is 413 g/mol. The molecule has 2 aromatic carbocycles. The molecule has 6 heteroatoms. The molecular weight excluding hydrogens is 386 g/mol. The highest BCUT2D eigenvalue weighted by Gasteiger charge is 2.25. The Morgan fingerprint density at radius 3 is 2.34 bits per heavy atom. The van der Waals surface area contributed by atoms with E-state index >= 15 is 0 Å². The van der Waals surface area contributed by atoms with Gasteiger partial charge < -0.3 is 10.6 Å². The maximum atomic E-state index is 12.4. The van der Waals surface area contributed by atoms with Crippen LogP contribution in [0, 0.1) is 12.8 Å². The fraction of sp³-hybridized carbons (Fsp3) is 0.391. The number of hydrogen-bond donors (Lipinski definition) is 2. The summed E-state index contributed by atoms with van der Waals surface area (Å²) < 4.78 is 0. The third-order valence-corrected chi connectivity index (χ3v) is 5.54. The van der Waals surface area contributed by atoms with Crippen molar-refractivity contribution in [1.29, 1.82) is 0 Å². The zero-order valence-electron chi connectivity index (χ0n) is 16.8. The van der Waals surface area contributed by atoms with Gasteiger partial charge in [0.05, 0.1) is 6.54 Å². The molecule has 0 aliphatic carbocycles. The quantitative estimate of drug-likeness (QED) is 0.728. The van der Waals surface area contributed by atoms with Crippen LogP contribution < -0.4 is 10.6 Å². The van der Waals surface area contributed by atoms with Gasteiger partial charge in [-0.3, -0.25) is 14.5 Å². The minimum absolute atomic E-state index is 0.0141. The number of likely N-dealkylation sites (tertiary alicyclic amines) is 1. The molecule has 2 aromatic rings. The molecule has 154 valence electrons. The second-order valence-corrected chi connectivity index (χ2v) is 8.07. The number of anilines is 1. The van der Waals surface area contributed by atoms with Gasteiger partial charge in [0, 0.05) is 23.2 Å². The summed E-state index contributed by atoms with van der Waals surface area (Å²) in [5.74, 6) is 0.124. The van der Waals surface area contributed by atoms with Crippen LogP contribution >= 0.6 is 11.6 Å². The number of amides is 2. The van der Waals surface area contributed by atoms with Gasteiger partial charge in [0.1, 0.15) is 0 Å². The molecule has 1 saturated heterocycles. The maximum absolute atomic E-state index is 12.4. The first-order chi connectivity index (χ1) is 14.0. The summed E-state index contributed by atoms with van der Waals surface area (Å²) in [6.07, 6.45) is 2.36. The van der Waals surface area contributed by atoms with Gasteiger partial charge in [-0.05, 0) is 69.1 Å². The molecule has 1 heterocycles. The number of nitrogens with one attached hydrogen (secondary N) is 2. The van der Waals surface area contributed by atoms with E-state index in [2.05, 4.69) is 15.5 Å². The van der Waals surface area contributed by atoms with Crippen LogP contribution in [-0.4, -0.2) is 42.9 Å². The molecule has 29 heavy (non-hydrogen) atoms. The maximum Gasteiger partial charge on any atom is 0.238 e. The number of halogens is 1. The average molecular weight is 414 g/mol. The fourth-order valence-corrected chi connectivity index (χ4v) is 3.65. The van der Waals surface area contributed by atoms with Gasteiger partial charge in [-0.15, -0.1) is 0 Å². The predicted molar refractivity (Wildman–Crippen MR) is 117 cm³/mol. The molecular formula is C23H28ClN3O2. The van der Waals surface area contributed by atoms with E-state index in [1.165, 1.54) is 0 Å². The van der Waals surface area contributed by atoms with Crippen molar-refractivity contribution in [2.24, 2.45) is 5.92 Å². The first-order valence-electron chi connectivity index (χ1n) is 10.1. The Labute approximate surface area is 177 Å². The van der Waals surface area contributed by atoms with E-state index in [4.69, 9.17) is 11.6 Å². The molecule has 3 rings (SSSR count). The normalized spacial score (nSPS) is 15.1. The summed E-state index contributed by atoms with van der Waals surface area (Å²) in [4.78, 5) is 26.8. The lowest BCUT2D eigenvalue weighted by Gasteiger charge is -2.30. The first-order valence-corrected chi connectivity index (χ1v) is 10.5. The van der Waals surface area contributed by atoms with Crippen LogP contribution in [0.3, 0.4) is 0 Å². The van der Waals surface area contributed by atoms with Crippen LogP contribution in [0.4, 0.5) is 5.69 Å². The van der Waals surface area contributed by atoms with Crippen molar-refractivity contribution >= 4 is 29.1 Å². The Bertz CT molecular complexity index is 813. The number of carbonyl (C=O) groups excluding carboxylic acids is 2. The summed E-state index contributed by atoms with van der Waals surface area (Å²) in [6, 6.07) is 15.5. The van der Waals surface area contributed by atoms with Gasteiger partial charge in [-0.1, -0.05) is 41.4 Å². The number of nitrogens with zero attached hydrogens (tertiary/aromatic N) is 1. The van der Waals surface area contributed by atoms with Crippen LogP contribution in [0.15, 0.2) is 48.5 Å². The Morgan fingerprint density at radius 1 is 1.03 bits per heavy atom. The van der Waals surface area contributed by atoms with Crippen molar-refractivity contribution < 1.29 is 9.59 Å². The molecule has 1 aliphatic rings.